The highest BCUT2D eigenvalue weighted by molar-refractivity contribution is 7.89. The van der Waals surface area contributed by atoms with Crippen LogP contribution in [0.1, 0.15) is 36.1 Å². The molecule has 3 heterocycles. The summed E-state index contributed by atoms with van der Waals surface area (Å²) < 4.78 is 60.6. The third kappa shape index (κ3) is 5.77. The molecular weight excluding hydrogens is 513 g/mol. The number of aliphatic carboxylic acids is 1. The van der Waals surface area contributed by atoms with Crippen LogP contribution in [0.15, 0.2) is 54.7 Å². The fourth-order valence-electron chi connectivity index (χ4n) is 3.98. The summed E-state index contributed by atoms with van der Waals surface area (Å²) in [6.45, 7) is 4.36. The molecule has 1 amide bonds. The molecule has 0 bridgehead atoms. The van der Waals surface area contributed by atoms with Gasteiger partial charge in [0, 0.05) is 24.7 Å². The maximum Gasteiger partial charge on any atom is 0.490 e. The van der Waals surface area contributed by atoms with Gasteiger partial charge in [0.15, 0.2) is 0 Å². The molecule has 37 heavy (non-hydrogen) atoms. The average Bonchev–Trinajstić information content (AvgIpc) is 3.33. The number of carboxylic acids is 1. The summed E-state index contributed by atoms with van der Waals surface area (Å²) in [7, 11) is -2.08. The van der Waals surface area contributed by atoms with E-state index in [9.17, 15) is 26.4 Å². The fourth-order valence-corrected chi connectivity index (χ4v) is 4.99. The molecule has 0 radical (unpaired) electrons. The number of carbonyl (C=O) groups excluding carboxylic acids is 1. The summed E-state index contributed by atoms with van der Waals surface area (Å²) in [5, 5.41) is 7.93. The summed E-state index contributed by atoms with van der Waals surface area (Å²) in [4.78, 5) is 27.9. The van der Waals surface area contributed by atoms with Gasteiger partial charge in [-0.05, 0) is 38.1 Å². The van der Waals surface area contributed by atoms with E-state index in [1.807, 2.05) is 56.3 Å². The first-order chi connectivity index (χ1) is 17.1. The van der Waals surface area contributed by atoms with E-state index >= 15 is 0 Å². The number of rotatable bonds is 5. The molecule has 13 heteroatoms. The van der Waals surface area contributed by atoms with Crippen molar-refractivity contribution in [2.24, 2.45) is 0 Å². The summed E-state index contributed by atoms with van der Waals surface area (Å²) in [6.07, 6.45) is -2.29. The third-order valence-corrected chi connectivity index (χ3v) is 6.44. The molecular formula is C24H25F3N4O5S. The van der Waals surface area contributed by atoms with Crippen LogP contribution in [0.5, 0.6) is 0 Å². The zero-order valence-electron chi connectivity index (χ0n) is 20.4. The first kappa shape index (κ1) is 27.7. The lowest BCUT2D eigenvalue weighted by atomic mass is 10.2. The van der Waals surface area contributed by atoms with E-state index in [2.05, 4.69) is 9.55 Å². The van der Waals surface area contributed by atoms with Gasteiger partial charge in [0.2, 0.25) is 10.0 Å². The van der Waals surface area contributed by atoms with Gasteiger partial charge in [-0.25, -0.2) is 17.2 Å². The molecule has 0 saturated heterocycles. The molecule has 0 atom stereocenters. The van der Waals surface area contributed by atoms with Gasteiger partial charge < -0.3 is 14.6 Å². The molecule has 3 aromatic heterocycles. The first-order valence-corrected chi connectivity index (χ1v) is 12.8. The van der Waals surface area contributed by atoms with Crippen molar-refractivity contribution >= 4 is 43.8 Å². The number of benzene rings is 1. The second-order valence-electron chi connectivity index (χ2n) is 8.56. The van der Waals surface area contributed by atoms with Crippen LogP contribution in [0.4, 0.5) is 13.2 Å². The highest BCUT2D eigenvalue weighted by Crippen LogP contribution is 2.35. The van der Waals surface area contributed by atoms with Crippen LogP contribution in [-0.4, -0.2) is 63.3 Å². The van der Waals surface area contributed by atoms with E-state index in [-0.39, 0.29) is 24.2 Å². The zero-order valence-corrected chi connectivity index (χ0v) is 21.2. The third-order valence-electron chi connectivity index (χ3n) is 5.40. The molecule has 1 aromatic carbocycles. The molecule has 0 aliphatic heterocycles. The normalized spacial score (nSPS) is 12.0. The van der Waals surface area contributed by atoms with Crippen LogP contribution >= 0.6 is 0 Å². The fraction of sp³-hybridized carbons (Fsp3) is 0.292. The topological polar surface area (TPSA) is 115 Å². The Hall–Kier alpha value is -3.87. The number of fused-ring (bicyclic) bond motifs is 3. The first-order valence-electron chi connectivity index (χ1n) is 10.9. The van der Waals surface area contributed by atoms with E-state index in [4.69, 9.17) is 9.90 Å². The lowest BCUT2D eigenvalue weighted by Crippen LogP contribution is -2.30. The maximum atomic E-state index is 13.3. The number of aromatic nitrogens is 3. The second kappa shape index (κ2) is 10.2. The molecule has 4 rings (SSSR count). The minimum absolute atomic E-state index is 0.0945. The Labute approximate surface area is 210 Å². The van der Waals surface area contributed by atoms with Crippen molar-refractivity contribution in [3.63, 3.8) is 0 Å². The van der Waals surface area contributed by atoms with Crippen molar-refractivity contribution in [3.05, 3.63) is 66.1 Å². The Morgan fingerprint density at radius 3 is 2.19 bits per heavy atom. The van der Waals surface area contributed by atoms with Gasteiger partial charge in [0.25, 0.3) is 5.91 Å². The van der Waals surface area contributed by atoms with E-state index in [0.717, 1.165) is 28.4 Å². The van der Waals surface area contributed by atoms with Crippen molar-refractivity contribution in [1.29, 1.82) is 0 Å². The number of amides is 1. The number of hydrogen-bond acceptors (Lipinski definition) is 5. The SMILES string of the molecule is CC(C)n1c2ccccc2c2c1cc(C(=O)N(C)Cc1ccccn1)n2S(C)(=O)=O.O=C(O)C(F)(F)F. The molecule has 198 valence electrons. The quantitative estimate of drug-likeness (QED) is 0.406. The maximum absolute atomic E-state index is 13.3. The highest BCUT2D eigenvalue weighted by Gasteiger charge is 2.38. The van der Waals surface area contributed by atoms with Crippen LogP contribution in [0, 0.1) is 0 Å². The molecule has 4 aromatic rings. The molecule has 0 spiro atoms. The number of pyridine rings is 1. The van der Waals surface area contributed by atoms with Gasteiger partial charge in [-0.2, -0.15) is 13.2 Å². The molecule has 0 aliphatic carbocycles. The number of alkyl halides is 3. The van der Waals surface area contributed by atoms with Crippen LogP contribution in [-0.2, 0) is 21.4 Å². The average molecular weight is 539 g/mol. The number of carbonyl (C=O) groups is 2. The summed E-state index contributed by atoms with van der Waals surface area (Å²) in [5.74, 6) is -3.13. The summed E-state index contributed by atoms with van der Waals surface area (Å²) in [5.41, 5.74) is 3.06. The van der Waals surface area contributed by atoms with Crippen LogP contribution in [0.25, 0.3) is 21.9 Å². The van der Waals surface area contributed by atoms with Crippen LogP contribution < -0.4 is 0 Å². The van der Waals surface area contributed by atoms with E-state index in [1.54, 1.807) is 19.3 Å². The zero-order chi connectivity index (χ0) is 27.7. The van der Waals surface area contributed by atoms with Crippen molar-refractivity contribution in [2.75, 3.05) is 13.3 Å². The van der Waals surface area contributed by atoms with Crippen molar-refractivity contribution in [3.8, 4) is 0 Å². The van der Waals surface area contributed by atoms with E-state index in [0.29, 0.717) is 5.52 Å². The Morgan fingerprint density at radius 2 is 1.68 bits per heavy atom. The Bertz CT molecular complexity index is 1560. The van der Waals surface area contributed by atoms with Crippen molar-refractivity contribution < 1.29 is 36.3 Å². The summed E-state index contributed by atoms with van der Waals surface area (Å²) in [6, 6.07) is 14.9. The van der Waals surface area contributed by atoms with Crippen molar-refractivity contribution in [2.45, 2.75) is 32.6 Å². The predicted octanol–water partition coefficient (Wildman–Crippen LogP) is 4.29. The number of nitrogens with zero attached hydrogens (tertiary/aromatic N) is 4. The van der Waals surface area contributed by atoms with Crippen molar-refractivity contribution in [1.82, 2.24) is 18.4 Å². The molecule has 0 saturated carbocycles. The highest BCUT2D eigenvalue weighted by atomic mass is 32.2. The van der Waals surface area contributed by atoms with Gasteiger partial charge in [0.05, 0.1) is 35.0 Å². The molecule has 0 aliphatic rings. The van der Waals surface area contributed by atoms with Gasteiger partial charge >= 0.3 is 12.1 Å². The minimum atomic E-state index is -5.08. The molecule has 0 unspecified atom stereocenters. The van der Waals surface area contributed by atoms with Gasteiger partial charge in [-0.1, -0.05) is 24.3 Å². The predicted molar refractivity (Wildman–Crippen MR) is 132 cm³/mol. The lowest BCUT2D eigenvalue weighted by molar-refractivity contribution is -0.192. The largest absolute Gasteiger partial charge is 0.490 e. The van der Waals surface area contributed by atoms with Gasteiger partial charge in [-0.15, -0.1) is 0 Å². The van der Waals surface area contributed by atoms with E-state index in [1.165, 1.54) is 8.87 Å². The minimum Gasteiger partial charge on any atom is -0.475 e. The lowest BCUT2D eigenvalue weighted by Gasteiger charge is -2.18. The van der Waals surface area contributed by atoms with Gasteiger partial charge in [-0.3, -0.25) is 9.78 Å². The van der Waals surface area contributed by atoms with Crippen LogP contribution in [0.3, 0.4) is 0 Å². The van der Waals surface area contributed by atoms with Gasteiger partial charge in [0.1, 0.15) is 5.69 Å². The second-order valence-corrected chi connectivity index (χ2v) is 10.4. The smallest absolute Gasteiger partial charge is 0.475 e. The standard InChI is InChI=1S/C22H24N4O3S.C2HF3O2/c1-15(2)25-18-11-6-5-10-17(18)21-19(25)13-20(26(21)30(4,28)29)22(27)24(3)14-16-9-7-8-12-23-16;3-2(4,5)1(6)7/h5-13,15H,14H2,1-4H3;(H,6,7). The number of hydrogen-bond donors (Lipinski definition) is 1. The number of para-hydroxylation sites is 1. The summed E-state index contributed by atoms with van der Waals surface area (Å²) >= 11 is 0. The Balaban J connectivity index is 0.000000479. The van der Waals surface area contributed by atoms with E-state index < -0.39 is 22.2 Å². The molecule has 0 fully saturated rings. The Morgan fingerprint density at radius 1 is 1.08 bits per heavy atom. The monoisotopic (exact) mass is 538 g/mol. The number of halogens is 3. The molecule has 9 nitrogen and oxygen atoms in total. The molecule has 1 N–H and O–H groups in total. The van der Waals surface area contributed by atoms with Crippen LogP contribution in [0.2, 0.25) is 0 Å². The number of carboxylic acid groups (broad SMARTS) is 1. The Kier molecular flexibility index (Phi) is 7.67.